The van der Waals surface area contributed by atoms with Crippen molar-refractivity contribution in [3.05, 3.63) is 70.5 Å². The molecule has 0 saturated heterocycles. The van der Waals surface area contributed by atoms with E-state index in [0.717, 1.165) is 5.56 Å². The molecule has 0 N–H and O–H groups in total. The molecule has 0 fully saturated rings. The number of hydrogen-bond donors (Lipinski definition) is 0. The minimum atomic E-state index is -0.322. The molecule has 2 aromatic carbocycles. The molecule has 1 amide bonds. The van der Waals surface area contributed by atoms with Gasteiger partial charge in [0.1, 0.15) is 5.82 Å². The molecule has 148 valence electrons. The van der Waals surface area contributed by atoms with Crippen molar-refractivity contribution < 1.29 is 14.0 Å². The summed E-state index contributed by atoms with van der Waals surface area (Å²) in [5, 5.41) is 4.70. The number of amides is 1. The van der Waals surface area contributed by atoms with E-state index < -0.39 is 0 Å². The number of hydrogen-bond acceptors (Lipinski definition) is 3. The quantitative estimate of drug-likeness (QED) is 0.650. The highest BCUT2D eigenvalue weighted by atomic mass is 35.5. The zero-order valence-corrected chi connectivity index (χ0v) is 16.8. The number of rotatable bonds is 7. The van der Waals surface area contributed by atoms with Gasteiger partial charge in [0.25, 0.3) is 0 Å². The standard InChI is InChI=1S/C22H24ClFN2O2/c1-15(2)10-22(27)26(13-16-6-5-7-17(23)11-16)14-18-12-21(25-28-18)19-8-3-4-9-20(19)24/h3-9,11,15,18H,10,12-14H2,1-2H3/t18-/m1/s1. The largest absolute Gasteiger partial charge is 0.390 e. The van der Waals surface area contributed by atoms with Gasteiger partial charge in [-0.05, 0) is 29.7 Å². The summed E-state index contributed by atoms with van der Waals surface area (Å²) in [4.78, 5) is 20.1. The Balaban J connectivity index is 1.69. The van der Waals surface area contributed by atoms with Crippen LogP contribution in [0.25, 0.3) is 0 Å². The first-order chi connectivity index (χ1) is 13.4. The van der Waals surface area contributed by atoms with Gasteiger partial charge in [-0.2, -0.15) is 0 Å². The molecule has 1 heterocycles. The molecular formula is C22H24ClFN2O2. The van der Waals surface area contributed by atoms with Gasteiger partial charge in [-0.3, -0.25) is 4.79 Å². The molecule has 0 unspecified atom stereocenters. The lowest BCUT2D eigenvalue weighted by Crippen LogP contribution is -2.37. The van der Waals surface area contributed by atoms with E-state index >= 15 is 0 Å². The van der Waals surface area contributed by atoms with E-state index in [1.54, 1.807) is 29.2 Å². The SMILES string of the molecule is CC(C)CC(=O)N(Cc1cccc(Cl)c1)C[C@H]1CC(c2ccccc2F)=NO1. The molecule has 4 nitrogen and oxygen atoms in total. The van der Waals surface area contributed by atoms with E-state index in [9.17, 15) is 9.18 Å². The first-order valence-electron chi connectivity index (χ1n) is 9.42. The molecule has 6 heteroatoms. The van der Waals surface area contributed by atoms with Crippen LogP contribution in [0.1, 0.15) is 37.8 Å². The van der Waals surface area contributed by atoms with Crippen LogP contribution in [0.2, 0.25) is 5.02 Å². The fourth-order valence-electron chi connectivity index (χ4n) is 3.21. The Morgan fingerprint density at radius 3 is 2.79 bits per heavy atom. The summed E-state index contributed by atoms with van der Waals surface area (Å²) < 4.78 is 14.0. The number of halogens is 2. The third-order valence-corrected chi connectivity index (χ3v) is 4.77. The molecule has 3 rings (SSSR count). The zero-order chi connectivity index (χ0) is 20.1. The van der Waals surface area contributed by atoms with Crippen molar-refractivity contribution in [3.63, 3.8) is 0 Å². The first kappa shape index (κ1) is 20.3. The van der Waals surface area contributed by atoms with Crippen molar-refractivity contribution in [2.45, 2.75) is 39.3 Å². The van der Waals surface area contributed by atoms with Gasteiger partial charge in [0, 0.05) is 30.0 Å². The highest BCUT2D eigenvalue weighted by molar-refractivity contribution is 6.30. The zero-order valence-electron chi connectivity index (χ0n) is 16.1. The van der Waals surface area contributed by atoms with Crippen LogP contribution in [0.4, 0.5) is 4.39 Å². The minimum absolute atomic E-state index is 0.0536. The Labute approximate surface area is 169 Å². The van der Waals surface area contributed by atoms with E-state index in [4.69, 9.17) is 16.4 Å². The molecular weight excluding hydrogens is 379 g/mol. The van der Waals surface area contributed by atoms with Crippen molar-refractivity contribution in [1.29, 1.82) is 0 Å². The van der Waals surface area contributed by atoms with Crippen LogP contribution in [0.5, 0.6) is 0 Å². The summed E-state index contributed by atoms with van der Waals surface area (Å²) in [5.74, 6) is -0.0147. The summed E-state index contributed by atoms with van der Waals surface area (Å²) in [6.45, 7) is 4.86. The number of benzene rings is 2. The van der Waals surface area contributed by atoms with Crippen molar-refractivity contribution in [2.24, 2.45) is 11.1 Å². The molecule has 28 heavy (non-hydrogen) atoms. The van der Waals surface area contributed by atoms with Gasteiger partial charge in [0.05, 0.1) is 12.3 Å². The van der Waals surface area contributed by atoms with Crippen LogP contribution in [0.15, 0.2) is 53.7 Å². The maximum Gasteiger partial charge on any atom is 0.223 e. The average Bonchev–Trinajstić information content (AvgIpc) is 3.09. The molecule has 0 spiro atoms. The van der Waals surface area contributed by atoms with E-state index in [1.807, 2.05) is 32.0 Å². The second-order valence-corrected chi connectivity index (χ2v) is 7.89. The smallest absolute Gasteiger partial charge is 0.223 e. The van der Waals surface area contributed by atoms with Gasteiger partial charge < -0.3 is 9.74 Å². The van der Waals surface area contributed by atoms with Crippen molar-refractivity contribution in [3.8, 4) is 0 Å². The van der Waals surface area contributed by atoms with Crippen LogP contribution in [-0.4, -0.2) is 29.2 Å². The number of carbonyl (C=O) groups excluding carboxylic acids is 1. The molecule has 1 aliphatic heterocycles. The van der Waals surface area contributed by atoms with Gasteiger partial charge in [-0.15, -0.1) is 0 Å². The summed E-state index contributed by atoms with van der Waals surface area (Å²) in [7, 11) is 0. The fraction of sp³-hybridized carbons (Fsp3) is 0.364. The van der Waals surface area contributed by atoms with E-state index in [-0.39, 0.29) is 23.7 Å². The monoisotopic (exact) mass is 402 g/mol. The average molecular weight is 403 g/mol. The third-order valence-electron chi connectivity index (χ3n) is 4.54. The molecule has 0 saturated carbocycles. The second kappa shape index (κ2) is 9.20. The van der Waals surface area contributed by atoms with Gasteiger partial charge in [0.15, 0.2) is 6.10 Å². The molecule has 1 aliphatic rings. The molecule has 0 radical (unpaired) electrons. The van der Waals surface area contributed by atoms with Gasteiger partial charge in [-0.25, -0.2) is 4.39 Å². The summed E-state index contributed by atoms with van der Waals surface area (Å²) in [5.41, 5.74) is 1.97. The lowest BCUT2D eigenvalue weighted by atomic mass is 10.0. The summed E-state index contributed by atoms with van der Waals surface area (Å²) in [6, 6.07) is 14.0. The molecule has 0 bridgehead atoms. The van der Waals surface area contributed by atoms with Crippen LogP contribution in [0.3, 0.4) is 0 Å². The minimum Gasteiger partial charge on any atom is -0.390 e. The van der Waals surface area contributed by atoms with Crippen LogP contribution in [0, 0.1) is 11.7 Å². The Morgan fingerprint density at radius 2 is 2.07 bits per heavy atom. The number of nitrogens with zero attached hydrogens (tertiary/aromatic N) is 2. The first-order valence-corrected chi connectivity index (χ1v) is 9.80. The van der Waals surface area contributed by atoms with Gasteiger partial charge in [0.2, 0.25) is 5.91 Å². The van der Waals surface area contributed by atoms with Gasteiger partial charge in [-0.1, -0.05) is 60.9 Å². The Morgan fingerprint density at radius 1 is 1.29 bits per heavy atom. The molecule has 1 atom stereocenters. The number of oxime groups is 1. The summed E-state index contributed by atoms with van der Waals surface area (Å²) >= 11 is 6.08. The lowest BCUT2D eigenvalue weighted by molar-refractivity contribution is -0.134. The van der Waals surface area contributed by atoms with Crippen LogP contribution >= 0.6 is 11.6 Å². The third kappa shape index (κ3) is 5.32. The second-order valence-electron chi connectivity index (χ2n) is 7.45. The number of carbonyl (C=O) groups is 1. The molecule has 0 aliphatic carbocycles. The van der Waals surface area contributed by atoms with Crippen molar-refractivity contribution in [2.75, 3.05) is 6.54 Å². The topological polar surface area (TPSA) is 41.9 Å². The molecule has 2 aromatic rings. The molecule has 0 aromatic heterocycles. The Kier molecular flexibility index (Phi) is 6.68. The van der Waals surface area contributed by atoms with E-state index in [0.29, 0.717) is 42.2 Å². The summed E-state index contributed by atoms with van der Waals surface area (Å²) in [6.07, 6.45) is 0.612. The van der Waals surface area contributed by atoms with Crippen molar-refractivity contribution >= 4 is 23.2 Å². The Hall–Kier alpha value is -2.40. The van der Waals surface area contributed by atoms with Gasteiger partial charge >= 0.3 is 0 Å². The van der Waals surface area contributed by atoms with Crippen LogP contribution < -0.4 is 0 Å². The predicted octanol–water partition coefficient (Wildman–Crippen LogP) is 5.05. The van der Waals surface area contributed by atoms with Crippen LogP contribution in [-0.2, 0) is 16.2 Å². The maximum atomic E-state index is 14.0. The predicted molar refractivity (Wildman–Crippen MR) is 109 cm³/mol. The maximum absolute atomic E-state index is 14.0. The van der Waals surface area contributed by atoms with E-state index in [2.05, 4.69) is 5.16 Å². The lowest BCUT2D eigenvalue weighted by Gasteiger charge is -2.26. The van der Waals surface area contributed by atoms with E-state index in [1.165, 1.54) is 6.07 Å². The fourth-order valence-corrected chi connectivity index (χ4v) is 3.43. The highest BCUT2D eigenvalue weighted by Gasteiger charge is 2.28. The van der Waals surface area contributed by atoms with Crippen molar-refractivity contribution in [1.82, 2.24) is 4.90 Å². The highest BCUT2D eigenvalue weighted by Crippen LogP contribution is 2.21. The Bertz CT molecular complexity index is 869. The normalized spacial score (nSPS) is 16.0.